The molecule has 0 spiro atoms. The summed E-state index contributed by atoms with van der Waals surface area (Å²) in [7, 11) is 3.33. The minimum atomic E-state index is -0.624. The largest absolute Gasteiger partial charge is 0.496 e. The highest BCUT2D eigenvalue weighted by molar-refractivity contribution is 5.99. The third-order valence-corrected chi connectivity index (χ3v) is 5.79. The molecule has 31 heavy (non-hydrogen) atoms. The van der Waals surface area contributed by atoms with Gasteiger partial charge in [-0.25, -0.2) is 0 Å². The fourth-order valence-corrected chi connectivity index (χ4v) is 4.05. The first-order valence-corrected chi connectivity index (χ1v) is 10.9. The maximum absolute atomic E-state index is 13.3. The van der Waals surface area contributed by atoms with Crippen LogP contribution in [-0.2, 0) is 11.3 Å². The van der Waals surface area contributed by atoms with Crippen LogP contribution in [0.3, 0.4) is 0 Å². The Morgan fingerprint density at radius 3 is 2.39 bits per heavy atom. The zero-order valence-electron chi connectivity index (χ0n) is 18.9. The van der Waals surface area contributed by atoms with Gasteiger partial charge >= 0.3 is 0 Å². The van der Waals surface area contributed by atoms with Gasteiger partial charge < -0.3 is 19.9 Å². The summed E-state index contributed by atoms with van der Waals surface area (Å²) in [6, 6.07) is 14.7. The molecule has 3 rings (SSSR count). The quantitative estimate of drug-likeness (QED) is 0.703. The lowest BCUT2D eigenvalue weighted by molar-refractivity contribution is -0.133. The number of para-hydroxylation sites is 2. The lowest BCUT2D eigenvalue weighted by Gasteiger charge is -2.29. The summed E-state index contributed by atoms with van der Waals surface area (Å²) in [6.45, 7) is 6.49. The minimum absolute atomic E-state index is 0.0533. The van der Waals surface area contributed by atoms with Gasteiger partial charge in [-0.2, -0.15) is 0 Å². The summed E-state index contributed by atoms with van der Waals surface area (Å²) >= 11 is 0. The highest BCUT2D eigenvalue weighted by Crippen LogP contribution is 2.26. The topological polar surface area (TPSA) is 61.9 Å². The van der Waals surface area contributed by atoms with Gasteiger partial charge in [0.2, 0.25) is 5.91 Å². The summed E-state index contributed by atoms with van der Waals surface area (Å²) in [5.41, 5.74) is 2.74. The number of hydrogen-bond donors (Lipinski definition) is 1. The average Bonchev–Trinajstić information content (AvgIpc) is 3.31. The summed E-state index contributed by atoms with van der Waals surface area (Å²) in [6.07, 6.45) is 2.40. The highest BCUT2D eigenvalue weighted by atomic mass is 16.5. The van der Waals surface area contributed by atoms with Crippen LogP contribution in [0.5, 0.6) is 5.75 Å². The molecule has 1 fully saturated rings. The van der Waals surface area contributed by atoms with E-state index in [1.807, 2.05) is 32.0 Å². The van der Waals surface area contributed by atoms with E-state index in [1.54, 1.807) is 30.1 Å². The van der Waals surface area contributed by atoms with Crippen molar-refractivity contribution in [2.24, 2.45) is 5.92 Å². The molecule has 1 atom stereocenters. The standard InChI is InChI=1S/C25H33N3O3/c1-18(2)23(26-24(29)20-12-6-8-14-22(20)31-4)25(30)27(3)17-19-11-5-7-13-21(19)28-15-9-10-16-28/h5-8,11-14,18,23H,9-10,15-17H2,1-4H3,(H,26,29). The van der Waals surface area contributed by atoms with Gasteiger partial charge in [-0.1, -0.05) is 44.2 Å². The Morgan fingerprint density at radius 2 is 1.71 bits per heavy atom. The molecule has 1 aliphatic heterocycles. The zero-order chi connectivity index (χ0) is 22.4. The number of methoxy groups -OCH3 is 1. The normalized spacial score (nSPS) is 14.4. The van der Waals surface area contributed by atoms with Crippen molar-refractivity contribution < 1.29 is 14.3 Å². The second kappa shape index (κ2) is 10.3. The Balaban J connectivity index is 1.74. The molecule has 0 bridgehead atoms. The Hall–Kier alpha value is -3.02. The molecule has 1 N–H and O–H groups in total. The molecule has 0 radical (unpaired) electrons. The van der Waals surface area contributed by atoms with E-state index in [1.165, 1.54) is 25.6 Å². The maximum Gasteiger partial charge on any atom is 0.255 e. The minimum Gasteiger partial charge on any atom is -0.496 e. The van der Waals surface area contributed by atoms with Crippen molar-refractivity contribution in [3.8, 4) is 5.75 Å². The summed E-state index contributed by atoms with van der Waals surface area (Å²) in [5.74, 6) is 0.0233. The van der Waals surface area contributed by atoms with Crippen LogP contribution in [-0.4, -0.2) is 50.0 Å². The lowest BCUT2D eigenvalue weighted by atomic mass is 10.0. The Morgan fingerprint density at radius 1 is 1.06 bits per heavy atom. The number of likely N-dealkylation sites (N-methyl/N-ethyl adjacent to an activating group) is 1. The molecule has 166 valence electrons. The molecule has 6 heteroatoms. The summed E-state index contributed by atoms with van der Waals surface area (Å²) < 4.78 is 5.30. The van der Waals surface area contributed by atoms with E-state index in [2.05, 4.69) is 22.3 Å². The van der Waals surface area contributed by atoms with Crippen molar-refractivity contribution in [2.75, 3.05) is 32.1 Å². The molecule has 2 aromatic carbocycles. The van der Waals surface area contributed by atoms with Crippen molar-refractivity contribution in [1.82, 2.24) is 10.2 Å². The average molecular weight is 424 g/mol. The van der Waals surface area contributed by atoms with E-state index in [-0.39, 0.29) is 17.7 Å². The van der Waals surface area contributed by atoms with Crippen LogP contribution in [0, 0.1) is 5.92 Å². The van der Waals surface area contributed by atoms with E-state index in [9.17, 15) is 9.59 Å². The van der Waals surface area contributed by atoms with Gasteiger partial charge in [-0.3, -0.25) is 9.59 Å². The molecule has 1 aliphatic rings. The fraction of sp³-hybridized carbons (Fsp3) is 0.440. The molecule has 1 saturated heterocycles. The Labute approximate surface area is 185 Å². The van der Waals surface area contributed by atoms with Crippen LogP contribution in [0.2, 0.25) is 0 Å². The first kappa shape index (κ1) is 22.7. The maximum atomic E-state index is 13.3. The predicted molar refractivity (Wildman–Crippen MR) is 123 cm³/mol. The monoisotopic (exact) mass is 423 g/mol. The Bertz CT molecular complexity index is 906. The molecule has 2 aromatic rings. The van der Waals surface area contributed by atoms with Crippen LogP contribution in [0.1, 0.15) is 42.6 Å². The van der Waals surface area contributed by atoms with E-state index < -0.39 is 6.04 Å². The smallest absolute Gasteiger partial charge is 0.255 e. The number of carbonyl (C=O) groups excluding carboxylic acids is 2. The van der Waals surface area contributed by atoms with E-state index >= 15 is 0 Å². The first-order chi connectivity index (χ1) is 14.9. The van der Waals surface area contributed by atoms with Gasteiger partial charge in [-0.15, -0.1) is 0 Å². The molecule has 6 nitrogen and oxygen atoms in total. The van der Waals surface area contributed by atoms with Gasteiger partial charge in [-0.05, 0) is 42.5 Å². The molecular weight excluding hydrogens is 390 g/mol. The number of carbonyl (C=O) groups is 2. The third kappa shape index (κ3) is 5.37. The fourth-order valence-electron chi connectivity index (χ4n) is 4.05. The number of nitrogens with zero attached hydrogens (tertiary/aromatic N) is 2. The molecule has 0 aromatic heterocycles. The molecule has 0 aliphatic carbocycles. The van der Waals surface area contributed by atoms with Gasteiger partial charge in [0.1, 0.15) is 11.8 Å². The van der Waals surface area contributed by atoms with Gasteiger partial charge in [0.25, 0.3) is 5.91 Å². The van der Waals surface area contributed by atoms with E-state index in [4.69, 9.17) is 4.74 Å². The first-order valence-electron chi connectivity index (χ1n) is 10.9. The van der Waals surface area contributed by atoms with Crippen molar-refractivity contribution in [3.05, 3.63) is 59.7 Å². The van der Waals surface area contributed by atoms with Crippen LogP contribution in [0.25, 0.3) is 0 Å². The second-order valence-corrected chi connectivity index (χ2v) is 8.41. The molecule has 1 unspecified atom stereocenters. The van der Waals surface area contributed by atoms with Gasteiger partial charge in [0.15, 0.2) is 0 Å². The summed E-state index contributed by atoms with van der Waals surface area (Å²) in [5, 5.41) is 2.92. The van der Waals surface area contributed by atoms with Crippen LogP contribution >= 0.6 is 0 Å². The number of nitrogens with one attached hydrogen (secondary N) is 1. The van der Waals surface area contributed by atoms with Crippen molar-refractivity contribution >= 4 is 17.5 Å². The van der Waals surface area contributed by atoms with Gasteiger partial charge in [0, 0.05) is 32.4 Å². The van der Waals surface area contributed by atoms with Gasteiger partial charge in [0.05, 0.1) is 12.7 Å². The van der Waals surface area contributed by atoms with Crippen molar-refractivity contribution in [3.63, 3.8) is 0 Å². The number of benzene rings is 2. The SMILES string of the molecule is COc1ccccc1C(=O)NC(C(=O)N(C)Cc1ccccc1N1CCCC1)C(C)C. The molecule has 0 saturated carbocycles. The summed E-state index contributed by atoms with van der Waals surface area (Å²) in [4.78, 5) is 30.3. The number of ether oxygens (including phenoxy) is 1. The predicted octanol–water partition coefficient (Wildman–Crippen LogP) is 3.71. The van der Waals surface area contributed by atoms with Crippen molar-refractivity contribution in [2.45, 2.75) is 39.3 Å². The second-order valence-electron chi connectivity index (χ2n) is 8.41. The number of rotatable bonds is 8. The van der Waals surface area contributed by atoms with Crippen molar-refractivity contribution in [1.29, 1.82) is 0 Å². The number of amides is 2. The van der Waals surface area contributed by atoms with Crippen LogP contribution < -0.4 is 15.0 Å². The zero-order valence-corrected chi connectivity index (χ0v) is 18.9. The van der Waals surface area contributed by atoms with Crippen LogP contribution in [0.15, 0.2) is 48.5 Å². The number of anilines is 1. The highest BCUT2D eigenvalue weighted by Gasteiger charge is 2.29. The third-order valence-electron chi connectivity index (χ3n) is 5.79. The van der Waals surface area contributed by atoms with E-state index in [0.717, 1.165) is 18.7 Å². The molecule has 1 heterocycles. The van der Waals surface area contributed by atoms with Crippen LogP contribution in [0.4, 0.5) is 5.69 Å². The molecule has 2 amide bonds. The number of hydrogen-bond acceptors (Lipinski definition) is 4. The van der Waals surface area contributed by atoms with E-state index in [0.29, 0.717) is 17.9 Å². The Kier molecular flexibility index (Phi) is 7.55. The lowest BCUT2D eigenvalue weighted by Crippen LogP contribution is -2.50. The molecular formula is C25H33N3O3.